The summed E-state index contributed by atoms with van der Waals surface area (Å²) in [4.78, 5) is 4.96. The van der Waals surface area contributed by atoms with E-state index in [-0.39, 0.29) is 4.90 Å². The molecule has 1 rings (SSSR count). The molecule has 1 aliphatic rings. The van der Waals surface area contributed by atoms with E-state index < -0.39 is 24.4 Å². The second-order valence-electron chi connectivity index (χ2n) is 3.34. The quantitative estimate of drug-likeness (QED) is 0.591. The zero-order chi connectivity index (χ0) is 10.7. The molecule has 0 amide bonds. The summed E-state index contributed by atoms with van der Waals surface area (Å²) in [6, 6.07) is 0. The average molecular weight is 205 g/mol. The third-order valence-electron chi connectivity index (χ3n) is 2.20. The number of hydrogen-bond donors (Lipinski definition) is 2. The van der Waals surface area contributed by atoms with Gasteiger partial charge in [0.1, 0.15) is 0 Å². The second kappa shape index (κ2) is 4.59. The first kappa shape index (κ1) is 11.2. The van der Waals surface area contributed by atoms with Crippen LogP contribution in [0, 0.1) is 11.1 Å². The molecule has 2 N–H and O–H groups in total. The molecule has 0 aromatic heterocycles. The summed E-state index contributed by atoms with van der Waals surface area (Å²) in [6.45, 7) is 1.46. The highest BCUT2D eigenvalue weighted by Crippen LogP contribution is 2.18. The van der Waals surface area contributed by atoms with Crippen molar-refractivity contribution >= 4 is 6.21 Å². The van der Waals surface area contributed by atoms with E-state index in [1.54, 1.807) is 0 Å². The number of nitrogens with zero attached hydrogens (tertiary/aromatic N) is 1. The number of ether oxygens (including phenoxy) is 1. The zero-order valence-corrected chi connectivity index (χ0v) is 8.16. The molecular formula is C8H15NO5. The van der Waals surface area contributed by atoms with Crippen molar-refractivity contribution < 1.29 is 24.7 Å². The Bertz CT molecular complexity index is 218. The van der Waals surface area contributed by atoms with E-state index in [1.165, 1.54) is 20.2 Å². The van der Waals surface area contributed by atoms with Crippen molar-refractivity contribution in [2.75, 3.05) is 7.11 Å². The van der Waals surface area contributed by atoms with E-state index in [1.807, 2.05) is 0 Å². The Labute approximate surface area is 81.9 Å². The molecule has 0 fully saturated rings. The topological polar surface area (TPSA) is 85.0 Å². The van der Waals surface area contributed by atoms with Gasteiger partial charge in [0.2, 0.25) is 6.21 Å². The van der Waals surface area contributed by atoms with Crippen LogP contribution in [-0.4, -0.2) is 46.9 Å². The largest absolute Gasteiger partial charge is 0.391 e. The van der Waals surface area contributed by atoms with Gasteiger partial charge in [0.25, 0.3) is 0 Å². The first-order chi connectivity index (χ1) is 6.54. The third-order valence-corrected chi connectivity index (χ3v) is 2.20. The molecule has 0 radical (unpaired) electrons. The summed E-state index contributed by atoms with van der Waals surface area (Å²) in [7, 11) is 1.41. The molecule has 6 heteroatoms. The molecule has 82 valence electrons. The molecule has 0 aliphatic carbocycles. The summed E-state index contributed by atoms with van der Waals surface area (Å²) in [5.74, 6) is -0.453. The van der Waals surface area contributed by atoms with Gasteiger partial charge in [-0.25, -0.2) is 0 Å². The Balaban J connectivity index is 2.65. The van der Waals surface area contributed by atoms with Crippen LogP contribution in [0.5, 0.6) is 0 Å². The fourth-order valence-electron chi connectivity index (χ4n) is 1.36. The molecule has 4 atom stereocenters. The van der Waals surface area contributed by atoms with Crippen molar-refractivity contribution in [3.05, 3.63) is 5.21 Å². The minimum Gasteiger partial charge on any atom is -0.391 e. The van der Waals surface area contributed by atoms with Gasteiger partial charge in [-0.2, -0.15) is 0 Å². The first-order valence-electron chi connectivity index (χ1n) is 4.41. The Hall–Kier alpha value is -0.850. The molecule has 0 aromatic rings. The average Bonchev–Trinajstić information content (AvgIpc) is 2.15. The fourth-order valence-corrected chi connectivity index (χ4v) is 1.36. The predicted molar refractivity (Wildman–Crippen MR) is 47.4 cm³/mol. The van der Waals surface area contributed by atoms with Crippen LogP contribution in [0.1, 0.15) is 13.3 Å². The van der Waals surface area contributed by atoms with Gasteiger partial charge in [-0.05, 0) is 6.92 Å². The van der Waals surface area contributed by atoms with Crippen LogP contribution < -0.4 is 0 Å². The molecular weight excluding hydrogens is 190 g/mol. The molecule has 0 saturated carbocycles. The molecule has 0 bridgehead atoms. The number of rotatable bonds is 3. The molecule has 0 saturated heterocycles. The number of hydrogen-bond acceptors (Lipinski definition) is 5. The molecule has 0 spiro atoms. The van der Waals surface area contributed by atoms with Gasteiger partial charge in [-0.15, -0.1) is 0 Å². The standard InChI is InChI=1S/C8H15NO5/c1-5(10)8(11)6-3-7(13-2)14-9(12)4-6/h4-8,10-11H,3H2,1-2H3/t5?,6-,7+,8?/m0/s1. The predicted octanol–water partition coefficient (Wildman–Crippen LogP) is -0.767. The van der Waals surface area contributed by atoms with Crippen molar-refractivity contribution in [1.82, 2.24) is 0 Å². The Kier molecular flexibility index (Phi) is 3.68. The van der Waals surface area contributed by atoms with E-state index >= 15 is 0 Å². The van der Waals surface area contributed by atoms with Crippen LogP contribution in [-0.2, 0) is 9.57 Å². The highest BCUT2D eigenvalue weighted by Gasteiger charge is 2.32. The smallest absolute Gasteiger partial charge is 0.216 e. The lowest BCUT2D eigenvalue weighted by molar-refractivity contribution is -0.769. The van der Waals surface area contributed by atoms with Crippen LogP contribution in [0.2, 0.25) is 0 Å². The van der Waals surface area contributed by atoms with E-state index in [0.717, 1.165) is 0 Å². The second-order valence-corrected chi connectivity index (χ2v) is 3.34. The van der Waals surface area contributed by atoms with Crippen LogP contribution in [0.25, 0.3) is 0 Å². The number of aliphatic hydroxyl groups excluding tert-OH is 2. The van der Waals surface area contributed by atoms with E-state index in [4.69, 9.17) is 14.7 Å². The Morgan fingerprint density at radius 3 is 2.79 bits per heavy atom. The van der Waals surface area contributed by atoms with Crippen LogP contribution >= 0.6 is 0 Å². The van der Waals surface area contributed by atoms with Gasteiger partial charge in [-0.1, -0.05) is 0 Å². The normalized spacial score (nSPS) is 31.6. The lowest BCUT2D eigenvalue weighted by Crippen LogP contribution is -2.41. The maximum atomic E-state index is 10.9. The Morgan fingerprint density at radius 1 is 1.64 bits per heavy atom. The van der Waals surface area contributed by atoms with Crippen molar-refractivity contribution in [2.45, 2.75) is 31.8 Å². The lowest BCUT2D eigenvalue weighted by atomic mass is 9.95. The van der Waals surface area contributed by atoms with Crippen molar-refractivity contribution in [3.63, 3.8) is 0 Å². The first-order valence-corrected chi connectivity index (χ1v) is 4.41. The van der Waals surface area contributed by atoms with Crippen molar-refractivity contribution in [2.24, 2.45) is 5.92 Å². The molecule has 0 aromatic carbocycles. The molecule has 6 nitrogen and oxygen atoms in total. The molecule has 14 heavy (non-hydrogen) atoms. The van der Waals surface area contributed by atoms with E-state index in [2.05, 4.69) is 0 Å². The highest BCUT2D eigenvalue weighted by molar-refractivity contribution is 5.56. The van der Waals surface area contributed by atoms with Gasteiger partial charge >= 0.3 is 0 Å². The van der Waals surface area contributed by atoms with Gasteiger partial charge in [0.15, 0.2) is 6.29 Å². The summed E-state index contributed by atoms with van der Waals surface area (Å²) in [5.41, 5.74) is 0. The summed E-state index contributed by atoms with van der Waals surface area (Å²) in [6.07, 6.45) is -1.00. The SMILES string of the molecule is CO[C@H]1C[C@H](C(O)C(C)O)C=[N+]([O-])O1. The van der Waals surface area contributed by atoms with Gasteiger partial charge in [0.05, 0.1) is 18.1 Å². The minimum absolute atomic E-state index is 0.258. The van der Waals surface area contributed by atoms with E-state index in [9.17, 15) is 10.3 Å². The molecule has 2 unspecified atom stereocenters. The summed E-state index contributed by atoms with van der Waals surface area (Å²) >= 11 is 0. The summed E-state index contributed by atoms with van der Waals surface area (Å²) in [5, 5.41) is 29.6. The number of methoxy groups -OCH3 is 1. The van der Waals surface area contributed by atoms with Gasteiger partial charge < -0.3 is 19.8 Å². The van der Waals surface area contributed by atoms with Crippen LogP contribution in [0.3, 0.4) is 0 Å². The monoisotopic (exact) mass is 205 g/mol. The van der Waals surface area contributed by atoms with Crippen molar-refractivity contribution in [3.8, 4) is 0 Å². The fraction of sp³-hybridized carbons (Fsp3) is 0.875. The zero-order valence-electron chi connectivity index (χ0n) is 8.16. The Morgan fingerprint density at radius 2 is 2.29 bits per heavy atom. The third kappa shape index (κ3) is 2.57. The van der Waals surface area contributed by atoms with Gasteiger partial charge in [0, 0.05) is 18.4 Å². The van der Waals surface area contributed by atoms with E-state index in [0.29, 0.717) is 6.42 Å². The van der Waals surface area contributed by atoms with Crippen LogP contribution in [0.4, 0.5) is 0 Å². The highest BCUT2D eigenvalue weighted by atomic mass is 16.9. The van der Waals surface area contributed by atoms with Crippen molar-refractivity contribution in [1.29, 1.82) is 0 Å². The van der Waals surface area contributed by atoms with Crippen LogP contribution in [0.15, 0.2) is 0 Å². The lowest BCUT2D eigenvalue weighted by Gasteiger charge is -2.28. The molecule has 1 aliphatic heterocycles. The maximum Gasteiger partial charge on any atom is 0.216 e. The minimum atomic E-state index is -0.979. The summed E-state index contributed by atoms with van der Waals surface area (Å²) < 4.78 is 4.85. The van der Waals surface area contributed by atoms with Gasteiger partial charge in [-0.3, -0.25) is 5.21 Å². The molecule has 1 heterocycles. The number of aliphatic hydroxyl groups is 2. The maximum absolute atomic E-state index is 10.9.